The Morgan fingerprint density at radius 2 is 1.86 bits per heavy atom. The summed E-state index contributed by atoms with van der Waals surface area (Å²) in [6.07, 6.45) is 0. The monoisotopic (exact) mass is 390 g/mol. The van der Waals surface area contributed by atoms with Crippen LogP contribution in [-0.4, -0.2) is 24.7 Å². The second kappa shape index (κ2) is 9.07. The van der Waals surface area contributed by atoms with Crippen LogP contribution in [0.25, 0.3) is 11.3 Å². The topological polar surface area (TPSA) is 72.2 Å². The van der Waals surface area contributed by atoms with Crippen LogP contribution in [-0.2, 0) is 4.74 Å². The van der Waals surface area contributed by atoms with Crippen LogP contribution in [0, 0.1) is 11.3 Å². The number of carbonyl (C=O) groups is 1. The third-order valence-electron chi connectivity index (χ3n) is 3.92. The van der Waals surface area contributed by atoms with Gasteiger partial charge in [0.05, 0.1) is 30.5 Å². The maximum Gasteiger partial charge on any atom is 0.340 e. The Morgan fingerprint density at radius 3 is 2.46 bits per heavy atom. The van der Waals surface area contributed by atoms with Gasteiger partial charge in [-0.2, -0.15) is 5.26 Å². The summed E-state index contributed by atoms with van der Waals surface area (Å²) in [4.78, 5) is 18.0. The summed E-state index contributed by atoms with van der Waals surface area (Å²) in [5.41, 5.74) is 1.88. The van der Waals surface area contributed by atoms with Gasteiger partial charge in [-0.05, 0) is 37.3 Å². The van der Waals surface area contributed by atoms with Crippen molar-refractivity contribution < 1.29 is 14.3 Å². The van der Waals surface area contributed by atoms with Crippen molar-refractivity contribution in [3.05, 3.63) is 71.8 Å². The first kappa shape index (κ1) is 19.5. The lowest BCUT2D eigenvalue weighted by molar-refractivity contribution is 0.0526. The number of hydrogen-bond acceptors (Lipinski definition) is 6. The van der Waals surface area contributed by atoms with Crippen molar-refractivity contribution in [2.45, 2.75) is 16.8 Å². The first-order chi connectivity index (χ1) is 13.7. The summed E-state index contributed by atoms with van der Waals surface area (Å²) in [6, 6.07) is 20.6. The van der Waals surface area contributed by atoms with Crippen molar-refractivity contribution in [2.24, 2.45) is 0 Å². The molecule has 0 fully saturated rings. The fourth-order valence-electron chi connectivity index (χ4n) is 2.59. The molecule has 3 rings (SSSR count). The number of esters is 1. The Bertz CT molecular complexity index is 1010. The summed E-state index contributed by atoms with van der Waals surface area (Å²) >= 11 is 1.36. The van der Waals surface area contributed by atoms with Crippen LogP contribution in [0.1, 0.15) is 22.8 Å². The van der Waals surface area contributed by atoms with Gasteiger partial charge in [0.1, 0.15) is 16.8 Å². The van der Waals surface area contributed by atoms with Crippen LogP contribution in [0.15, 0.2) is 70.6 Å². The number of hydrogen-bond donors (Lipinski definition) is 0. The minimum absolute atomic E-state index is 0.247. The molecule has 1 aromatic heterocycles. The SMILES string of the molecule is CCOC(=O)c1cc(C#N)c(Sc2ccc(OC)cc2)nc1-c1ccccc1. The van der Waals surface area contributed by atoms with E-state index >= 15 is 0 Å². The lowest BCUT2D eigenvalue weighted by atomic mass is 10.0. The van der Waals surface area contributed by atoms with Gasteiger partial charge in [0.25, 0.3) is 0 Å². The first-order valence-corrected chi connectivity index (χ1v) is 9.47. The molecular formula is C22H18N2O3S. The zero-order chi connectivity index (χ0) is 19.9. The average Bonchev–Trinajstić information content (AvgIpc) is 2.74. The highest BCUT2D eigenvalue weighted by Crippen LogP contribution is 2.34. The predicted octanol–water partition coefficient (Wildman–Crippen LogP) is 4.96. The molecule has 6 heteroatoms. The zero-order valence-electron chi connectivity index (χ0n) is 15.5. The molecule has 28 heavy (non-hydrogen) atoms. The predicted molar refractivity (Wildman–Crippen MR) is 107 cm³/mol. The standard InChI is InChI=1S/C22H18N2O3S/c1-3-27-22(25)19-13-16(14-23)21(24-20(19)15-7-5-4-6-8-15)28-18-11-9-17(26-2)10-12-18/h4-13H,3H2,1-2H3. The van der Waals surface area contributed by atoms with Gasteiger partial charge in [-0.15, -0.1) is 0 Å². The third-order valence-corrected chi connectivity index (χ3v) is 4.94. The number of benzene rings is 2. The molecule has 0 aliphatic carbocycles. The number of nitriles is 1. The lowest BCUT2D eigenvalue weighted by Crippen LogP contribution is -2.09. The van der Waals surface area contributed by atoms with E-state index in [1.54, 1.807) is 20.1 Å². The number of ether oxygens (including phenoxy) is 2. The highest BCUT2D eigenvalue weighted by molar-refractivity contribution is 7.99. The van der Waals surface area contributed by atoms with Gasteiger partial charge in [0.2, 0.25) is 0 Å². The fourth-order valence-corrected chi connectivity index (χ4v) is 3.44. The van der Waals surface area contributed by atoms with Gasteiger partial charge < -0.3 is 9.47 Å². The van der Waals surface area contributed by atoms with Gasteiger partial charge in [-0.25, -0.2) is 9.78 Å². The van der Waals surface area contributed by atoms with Crippen LogP contribution in [0.5, 0.6) is 5.75 Å². The molecule has 0 N–H and O–H groups in total. The van der Waals surface area contributed by atoms with Crippen molar-refractivity contribution >= 4 is 17.7 Å². The minimum atomic E-state index is -0.494. The second-order valence-corrected chi connectivity index (χ2v) is 6.78. The molecule has 0 atom stereocenters. The van der Waals surface area contributed by atoms with Crippen LogP contribution in [0.4, 0.5) is 0 Å². The Labute approximate surface area is 167 Å². The molecule has 2 aromatic carbocycles. The smallest absolute Gasteiger partial charge is 0.340 e. The fraction of sp³-hybridized carbons (Fsp3) is 0.136. The van der Waals surface area contributed by atoms with Gasteiger partial charge in [0, 0.05) is 10.5 Å². The Morgan fingerprint density at radius 1 is 1.14 bits per heavy atom. The van der Waals surface area contributed by atoms with E-state index < -0.39 is 5.97 Å². The largest absolute Gasteiger partial charge is 0.497 e. The molecule has 0 bridgehead atoms. The van der Waals surface area contributed by atoms with E-state index in [4.69, 9.17) is 9.47 Å². The van der Waals surface area contributed by atoms with Crippen LogP contribution < -0.4 is 4.74 Å². The lowest BCUT2D eigenvalue weighted by Gasteiger charge is -2.12. The molecule has 0 amide bonds. The number of aromatic nitrogens is 1. The van der Waals surface area contributed by atoms with Crippen LogP contribution >= 0.6 is 11.8 Å². The van der Waals surface area contributed by atoms with Crippen molar-refractivity contribution in [2.75, 3.05) is 13.7 Å². The van der Waals surface area contributed by atoms with Gasteiger partial charge >= 0.3 is 5.97 Å². The van der Waals surface area contributed by atoms with Crippen LogP contribution in [0.2, 0.25) is 0 Å². The summed E-state index contributed by atoms with van der Waals surface area (Å²) in [5.74, 6) is 0.256. The Hall–Kier alpha value is -3.30. The number of methoxy groups -OCH3 is 1. The Balaban J connectivity index is 2.09. The molecule has 0 radical (unpaired) electrons. The molecule has 0 saturated carbocycles. The third kappa shape index (κ3) is 4.33. The van der Waals surface area contributed by atoms with Gasteiger partial charge in [-0.1, -0.05) is 42.1 Å². The summed E-state index contributed by atoms with van der Waals surface area (Å²) in [7, 11) is 1.61. The average molecular weight is 390 g/mol. The second-order valence-electron chi connectivity index (χ2n) is 5.71. The van der Waals surface area contributed by atoms with Crippen molar-refractivity contribution in [3.8, 4) is 23.1 Å². The number of rotatable bonds is 6. The summed E-state index contributed by atoms with van der Waals surface area (Å²) < 4.78 is 10.3. The molecule has 3 aromatic rings. The van der Waals surface area contributed by atoms with Crippen molar-refractivity contribution in [3.63, 3.8) is 0 Å². The van der Waals surface area contributed by atoms with E-state index in [0.29, 0.717) is 16.3 Å². The van der Waals surface area contributed by atoms with E-state index in [1.165, 1.54) is 11.8 Å². The summed E-state index contributed by atoms with van der Waals surface area (Å²) in [6.45, 7) is 1.99. The maximum absolute atomic E-state index is 12.5. The minimum Gasteiger partial charge on any atom is -0.497 e. The molecule has 0 saturated heterocycles. The highest BCUT2D eigenvalue weighted by atomic mass is 32.2. The van der Waals surface area contributed by atoms with E-state index in [-0.39, 0.29) is 12.2 Å². The number of pyridine rings is 1. The van der Waals surface area contributed by atoms with Gasteiger partial charge in [-0.3, -0.25) is 0 Å². The van der Waals surface area contributed by atoms with E-state index in [2.05, 4.69) is 11.1 Å². The van der Waals surface area contributed by atoms with E-state index in [0.717, 1.165) is 16.2 Å². The number of carbonyl (C=O) groups excluding carboxylic acids is 1. The zero-order valence-corrected chi connectivity index (χ0v) is 16.3. The molecule has 0 aliphatic heterocycles. The molecule has 0 unspecified atom stereocenters. The first-order valence-electron chi connectivity index (χ1n) is 8.65. The molecule has 140 valence electrons. The summed E-state index contributed by atoms with van der Waals surface area (Å²) in [5, 5.41) is 10.1. The highest BCUT2D eigenvalue weighted by Gasteiger charge is 2.20. The molecule has 0 spiro atoms. The molecule has 0 aliphatic rings. The molecular weight excluding hydrogens is 372 g/mol. The van der Waals surface area contributed by atoms with E-state index in [9.17, 15) is 10.1 Å². The molecule has 5 nitrogen and oxygen atoms in total. The van der Waals surface area contributed by atoms with Gasteiger partial charge in [0.15, 0.2) is 0 Å². The van der Waals surface area contributed by atoms with Crippen molar-refractivity contribution in [1.29, 1.82) is 5.26 Å². The van der Waals surface area contributed by atoms with E-state index in [1.807, 2.05) is 54.6 Å². The Kier molecular flexibility index (Phi) is 6.30. The normalized spacial score (nSPS) is 10.2. The van der Waals surface area contributed by atoms with Crippen molar-refractivity contribution in [1.82, 2.24) is 4.98 Å². The molecule has 1 heterocycles. The van der Waals surface area contributed by atoms with Crippen LogP contribution in [0.3, 0.4) is 0 Å². The maximum atomic E-state index is 12.5. The quantitative estimate of drug-likeness (QED) is 0.554. The number of nitrogens with zero attached hydrogens (tertiary/aromatic N) is 2.